The highest BCUT2D eigenvalue weighted by Crippen LogP contribution is 2.37. The molecule has 0 radical (unpaired) electrons. The molecule has 0 saturated carbocycles. The third kappa shape index (κ3) is 3.26. The molecular formula is C22H28NO+. The van der Waals surface area contributed by atoms with E-state index in [0.29, 0.717) is 11.8 Å². The van der Waals surface area contributed by atoms with E-state index in [9.17, 15) is 5.11 Å². The Labute approximate surface area is 145 Å². The molecule has 0 aliphatic carbocycles. The standard InChI is InChI=1S/C22H27NO/c24-22(15-18-7-3-1-4-8-18,16-19-9-5-2-6-10-19)21-17-23-13-11-20(21)12-14-23/h1-10,20-21,24H,11-17H2/p+1. The quantitative estimate of drug-likeness (QED) is 0.866. The first kappa shape index (κ1) is 15.9. The normalized spacial score (nSPS) is 26.5. The fourth-order valence-electron chi connectivity index (χ4n) is 4.98. The molecule has 2 aromatic rings. The van der Waals surface area contributed by atoms with E-state index in [-0.39, 0.29) is 0 Å². The van der Waals surface area contributed by atoms with Gasteiger partial charge in [-0.3, -0.25) is 0 Å². The molecule has 0 aromatic heterocycles. The van der Waals surface area contributed by atoms with Gasteiger partial charge in [-0.1, -0.05) is 60.7 Å². The first-order valence-corrected chi connectivity index (χ1v) is 9.37. The molecule has 2 N–H and O–H groups in total. The summed E-state index contributed by atoms with van der Waals surface area (Å²) in [6, 6.07) is 21.1. The van der Waals surface area contributed by atoms with E-state index in [1.54, 1.807) is 4.90 Å². The van der Waals surface area contributed by atoms with E-state index in [0.717, 1.165) is 19.4 Å². The van der Waals surface area contributed by atoms with Crippen molar-refractivity contribution in [1.29, 1.82) is 0 Å². The summed E-state index contributed by atoms with van der Waals surface area (Å²) in [5.41, 5.74) is 1.86. The third-order valence-electron chi connectivity index (χ3n) is 6.21. The van der Waals surface area contributed by atoms with Crippen LogP contribution in [0.1, 0.15) is 24.0 Å². The van der Waals surface area contributed by atoms with Crippen LogP contribution in [0, 0.1) is 11.8 Å². The topological polar surface area (TPSA) is 24.7 Å². The van der Waals surface area contributed by atoms with Crippen LogP contribution in [0.15, 0.2) is 60.7 Å². The van der Waals surface area contributed by atoms with Gasteiger partial charge in [0.25, 0.3) is 0 Å². The van der Waals surface area contributed by atoms with Crippen LogP contribution in [-0.2, 0) is 12.8 Å². The van der Waals surface area contributed by atoms with Gasteiger partial charge in [-0.05, 0) is 17.0 Å². The lowest BCUT2D eigenvalue weighted by Crippen LogP contribution is -3.16. The number of fused-ring (bicyclic) bond motifs is 3. The van der Waals surface area contributed by atoms with Crippen molar-refractivity contribution in [2.75, 3.05) is 19.6 Å². The van der Waals surface area contributed by atoms with Gasteiger partial charge in [0.05, 0.1) is 25.2 Å². The maximum absolute atomic E-state index is 11.9. The summed E-state index contributed by atoms with van der Waals surface area (Å²) >= 11 is 0. The lowest BCUT2D eigenvalue weighted by Gasteiger charge is -2.49. The molecule has 3 heterocycles. The van der Waals surface area contributed by atoms with Crippen LogP contribution in [0.25, 0.3) is 0 Å². The van der Waals surface area contributed by atoms with Crippen LogP contribution in [0.4, 0.5) is 0 Å². The predicted octanol–water partition coefficient (Wildman–Crippen LogP) is 2.13. The molecule has 3 aliphatic rings. The number of aliphatic hydroxyl groups is 1. The summed E-state index contributed by atoms with van der Waals surface area (Å²) in [5, 5.41) is 11.9. The molecule has 0 spiro atoms. The fraction of sp³-hybridized carbons (Fsp3) is 0.455. The molecule has 2 bridgehead atoms. The van der Waals surface area contributed by atoms with E-state index in [1.165, 1.54) is 37.1 Å². The third-order valence-corrected chi connectivity index (χ3v) is 6.21. The van der Waals surface area contributed by atoms with Crippen LogP contribution in [-0.4, -0.2) is 30.3 Å². The minimum Gasteiger partial charge on any atom is -0.389 e. The van der Waals surface area contributed by atoms with Gasteiger partial charge < -0.3 is 10.0 Å². The molecule has 3 saturated heterocycles. The second kappa shape index (κ2) is 6.70. The van der Waals surface area contributed by atoms with E-state index >= 15 is 0 Å². The SMILES string of the molecule is OC(Cc1ccccc1)(Cc1ccccc1)C1C[NH+]2CCC1CC2. The summed E-state index contributed by atoms with van der Waals surface area (Å²) in [6.07, 6.45) is 4.09. The number of nitrogens with one attached hydrogen (secondary N) is 1. The number of quaternary nitrogens is 1. The van der Waals surface area contributed by atoms with Crippen molar-refractivity contribution >= 4 is 0 Å². The van der Waals surface area contributed by atoms with Gasteiger partial charge in [-0.15, -0.1) is 0 Å². The summed E-state index contributed by atoms with van der Waals surface area (Å²) in [4.78, 5) is 1.70. The van der Waals surface area contributed by atoms with E-state index < -0.39 is 5.60 Å². The summed E-state index contributed by atoms with van der Waals surface area (Å²) in [7, 11) is 0. The van der Waals surface area contributed by atoms with E-state index in [2.05, 4.69) is 60.7 Å². The predicted molar refractivity (Wildman–Crippen MR) is 97.0 cm³/mol. The maximum Gasteiger partial charge on any atom is 0.0830 e. The lowest BCUT2D eigenvalue weighted by molar-refractivity contribution is -0.922. The second-order valence-corrected chi connectivity index (χ2v) is 7.83. The van der Waals surface area contributed by atoms with Gasteiger partial charge >= 0.3 is 0 Å². The zero-order valence-electron chi connectivity index (χ0n) is 14.3. The second-order valence-electron chi connectivity index (χ2n) is 7.83. The molecule has 5 rings (SSSR count). The maximum atomic E-state index is 11.9. The summed E-state index contributed by atoms with van der Waals surface area (Å²) in [6.45, 7) is 3.74. The van der Waals surface area contributed by atoms with E-state index in [1.807, 2.05) is 0 Å². The average Bonchev–Trinajstić information content (AvgIpc) is 2.64. The van der Waals surface area contributed by atoms with Gasteiger partial charge in [-0.25, -0.2) is 0 Å². The van der Waals surface area contributed by atoms with Gasteiger partial charge in [0.15, 0.2) is 0 Å². The molecule has 1 unspecified atom stereocenters. The van der Waals surface area contributed by atoms with Gasteiger partial charge in [0.1, 0.15) is 0 Å². The molecule has 3 aliphatic heterocycles. The Kier molecular flexibility index (Phi) is 4.43. The minimum atomic E-state index is -0.639. The molecule has 3 fully saturated rings. The highest BCUT2D eigenvalue weighted by Gasteiger charge is 2.48. The molecule has 24 heavy (non-hydrogen) atoms. The highest BCUT2D eigenvalue weighted by atomic mass is 16.3. The number of hydrogen-bond acceptors (Lipinski definition) is 1. The Morgan fingerprint density at radius 3 is 1.75 bits per heavy atom. The van der Waals surface area contributed by atoms with Crippen molar-refractivity contribution in [3.8, 4) is 0 Å². The first-order valence-electron chi connectivity index (χ1n) is 9.37. The lowest BCUT2D eigenvalue weighted by atomic mass is 9.66. The molecule has 126 valence electrons. The average molecular weight is 322 g/mol. The van der Waals surface area contributed by atoms with Crippen LogP contribution in [0.5, 0.6) is 0 Å². The Hall–Kier alpha value is -1.64. The van der Waals surface area contributed by atoms with Crippen LogP contribution < -0.4 is 4.90 Å². The van der Waals surface area contributed by atoms with Gasteiger partial charge in [0, 0.05) is 31.6 Å². The minimum absolute atomic E-state index is 0.412. The smallest absolute Gasteiger partial charge is 0.0830 e. The molecule has 0 amide bonds. The zero-order chi connectivity index (χ0) is 16.4. The Balaban J connectivity index is 1.63. The highest BCUT2D eigenvalue weighted by molar-refractivity contribution is 5.22. The van der Waals surface area contributed by atoms with Crippen molar-refractivity contribution in [3.63, 3.8) is 0 Å². The van der Waals surface area contributed by atoms with Crippen LogP contribution in [0.2, 0.25) is 0 Å². The van der Waals surface area contributed by atoms with Gasteiger partial charge in [0.2, 0.25) is 0 Å². The molecule has 2 aromatic carbocycles. The molecular weight excluding hydrogens is 294 g/mol. The zero-order valence-corrected chi connectivity index (χ0v) is 14.3. The summed E-state index contributed by atoms with van der Waals surface area (Å²) < 4.78 is 0. The van der Waals surface area contributed by atoms with Crippen molar-refractivity contribution < 1.29 is 10.0 Å². The molecule has 2 heteroatoms. The first-order chi connectivity index (χ1) is 11.7. The van der Waals surface area contributed by atoms with Crippen molar-refractivity contribution in [2.45, 2.75) is 31.3 Å². The number of rotatable bonds is 5. The Bertz CT molecular complexity index is 605. The van der Waals surface area contributed by atoms with Crippen LogP contribution >= 0.6 is 0 Å². The van der Waals surface area contributed by atoms with Crippen LogP contribution in [0.3, 0.4) is 0 Å². The van der Waals surface area contributed by atoms with Crippen molar-refractivity contribution in [1.82, 2.24) is 0 Å². The molecule has 1 atom stereocenters. The Morgan fingerprint density at radius 1 is 0.833 bits per heavy atom. The fourth-order valence-corrected chi connectivity index (χ4v) is 4.98. The molecule has 2 nitrogen and oxygen atoms in total. The number of benzene rings is 2. The van der Waals surface area contributed by atoms with E-state index in [4.69, 9.17) is 0 Å². The van der Waals surface area contributed by atoms with Crippen molar-refractivity contribution in [2.24, 2.45) is 11.8 Å². The summed E-state index contributed by atoms with van der Waals surface area (Å²) in [5.74, 6) is 1.11. The Morgan fingerprint density at radius 2 is 1.33 bits per heavy atom. The largest absolute Gasteiger partial charge is 0.389 e. The monoisotopic (exact) mass is 322 g/mol. The number of hydrogen-bond donors (Lipinski definition) is 2. The number of piperidine rings is 3. The van der Waals surface area contributed by atoms with Crippen molar-refractivity contribution in [3.05, 3.63) is 71.8 Å². The van der Waals surface area contributed by atoms with Gasteiger partial charge in [-0.2, -0.15) is 0 Å².